The highest BCUT2D eigenvalue weighted by Gasteiger charge is 2.16. The van der Waals surface area contributed by atoms with Gasteiger partial charge in [-0.1, -0.05) is 29.3 Å². The van der Waals surface area contributed by atoms with Gasteiger partial charge >= 0.3 is 5.97 Å². The van der Waals surface area contributed by atoms with Crippen LogP contribution in [0.15, 0.2) is 30.3 Å². The predicted octanol–water partition coefficient (Wildman–Crippen LogP) is 3.97. The number of carboxylic acid groups (broad SMARTS) is 1. The van der Waals surface area contributed by atoms with E-state index in [0.717, 1.165) is 5.69 Å². The molecule has 0 amide bonds. The van der Waals surface area contributed by atoms with Gasteiger partial charge in [0.15, 0.2) is 5.75 Å². The van der Waals surface area contributed by atoms with Crippen LogP contribution in [0.5, 0.6) is 5.75 Å². The first-order valence-electron chi connectivity index (χ1n) is 5.75. The summed E-state index contributed by atoms with van der Waals surface area (Å²) in [5.74, 6) is -1.06. The van der Waals surface area contributed by atoms with Crippen LogP contribution in [0, 0.1) is 6.92 Å². The molecule has 0 saturated heterocycles. The molecule has 4 nitrogen and oxygen atoms in total. The average Bonchev–Trinajstić information content (AvgIpc) is 2.36. The van der Waals surface area contributed by atoms with E-state index < -0.39 is 5.97 Å². The van der Waals surface area contributed by atoms with Gasteiger partial charge in [0.2, 0.25) is 0 Å². The molecule has 6 heteroatoms. The SMILES string of the molecule is Cc1cccc(COc2c(Cl)cc(Cl)cc2C(=O)O)n1. The van der Waals surface area contributed by atoms with Crippen molar-refractivity contribution in [2.45, 2.75) is 13.5 Å². The van der Waals surface area contributed by atoms with Gasteiger partial charge in [-0.3, -0.25) is 4.98 Å². The maximum absolute atomic E-state index is 11.2. The fourth-order valence-electron chi connectivity index (χ4n) is 1.69. The zero-order valence-electron chi connectivity index (χ0n) is 10.6. The Morgan fingerprint density at radius 1 is 1.35 bits per heavy atom. The predicted molar refractivity (Wildman–Crippen MR) is 76.7 cm³/mol. The van der Waals surface area contributed by atoms with Crippen molar-refractivity contribution in [2.75, 3.05) is 0 Å². The second kappa shape index (κ2) is 6.11. The van der Waals surface area contributed by atoms with E-state index in [1.807, 2.05) is 19.1 Å². The number of benzene rings is 1. The van der Waals surface area contributed by atoms with Crippen molar-refractivity contribution in [3.05, 3.63) is 57.3 Å². The molecule has 1 N–H and O–H groups in total. The lowest BCUT2D eigenvalue weighted by atomic mass is 10.2. The Morgan fingerprint density at radius 2 is 2.10 bits per heavy atom. The average molecular weight is 312 g/mol. The van der Waals surface area contributed by atoms with E-state index in [1.54, 1.807) is 6.07 Å². The van der Waals surface area contributed by atoms with Gasteiger partial charge in [0.25, 0.3) is 0 Å². The van der Waals surface area contributed by atoms with Crippen LogP contribution >= 0.6 is 23.2 Å². The molecule has 0 aliphatic carbocycles. The Kier molecular flexibility index (Phi) is 4.47. The molecule has 1 aromatic carbocycles. The number of aromatic nitrogens is 1. The molecule has 0 fully saturated rings. The maximum Gasteiger partial charge on any atom is 0.339 e. The van der Waals surface area contributed by atoms with Crippen molar-refractivity contribution in [1.29, 1.82) is 0 Å². The summed E-state index contributed by atoms with van der Waals surface area (Å²) in [4.78, 5) is 15.4. The second-order valence-corrected chi connectivity index (χ2v) is 4.97. The van der Waals surface area contributed by atoms with E-state index in [2.05, 4.69) is 4.98 Å². The Labute approximate surface area is 125 Å². The summed E-state index contributed by atoms with van der Waals surface area (Å²) in [5, 5.41) is 9.54. The van der Waals surface area contributed by atoms with Crippen LogP contribution in [0.25, 0.3) is 0 Å². The molecule has 0 saturated carbocycles. The minimum Gasteiger partial charge on any atom is -0.485 e. The van der Waals surface area contributed by atoms with E-state index in [4.69, 9.17) is 33.0 Å². The number of hydrogen-bond donors (Lipinski definition) is 1. The van der Waals surface area contributed by atoms with Gasteiger partial charge in [-0.2, -0.15) is 0 Å². The van der Waals surface area contributed by atoms with Crippen molar-refractivity contribution in [3.63, 3.8) is 0 Å². The van der Waals surface area contributed by atoms with Crippen LogP contribution in [0.2, 0.25) is 10.0 Å². The van der Waals surface area contributed by atoms with Gasteiger partial charge in [-0.05, 0) is 31.2 Å². The smallest absolute Gasteiger partial charge is 0.339 e. The Bertz CT molecular complexity index is 659. The first-order chi connectivity index (χ1) is 9.47. The highest BCUT2D eigenvalue weighted by Crippen LogP contribution is 2.33. The fraction of sp³-hybridized carbons (Fsp3) is 0.143. The van der Waals surface area contributed by atoms with Crippen LogP contribution < -0.4 is 4.74 Å². The van der Waals surface area contributed by atoms with Crippen LogP contribution in [-0.2, 0) is 6.61 Å². The molecule has 0 unspecified atom stereocenters. The zero-order valence-corrected chi connectivity index (χ0v) is 12.1. The summed E-state index contributed by atoms with van der Waals surface area (Å²) >= 11 is 11.8. The van der Waals surface area contributed by atoms with Crippen molar-refractivity contribution >= 4 is 29.2 Å². The number of hydrogen-bond acceptors (Lipinski definition) is 3. The van der Waals surface area contributed by atoms with Gasteiger partial charge in [-0.15, -0.1) is 0 Å². The molecule has 0 bridgehead atoms. The molecule has 104 valence electrons. The van der Waals surface area contributed by atoms with E-state index in [0.29, 0.717) is 5.69 Å². The Morgan fingerprint density at radius 3 is 2.75 bits per heavy atom. The van der Waals surface area contributed by atoms with Gasteiger partial charge in [0, 0.05) is 10.7 Å². The summed E-state index contributed by atoms with van der Waals surface area (Å²) in [7, 11) is 0. The third-order valence-electron chi connectivity index (χ3n) is 2.55. The van der Waals surface area contributed by atoms with E-state index in [-0.39, 0.29) is 28.0 Å². The van der Waals surface area contributed by atoms with Crippen molar-refractivity contribution < 1.29 is 14.6 Å². The quantitative estimate of drug-likeness (QED) is 0.928. The second-order valence-electron chi connectivity index (χ2n) is 4.13. The van der Waals surface area contributed by atoms with Gasteiger partial charge in [-0.25, -0.2) is 4.79 Å². The third-order valence-corrected chi connectivity index (χ3v) is 3.05. The molecule has 0 atom stereocenters. The number of aromatic carboxylic acids is 1. The number of ether oxygens (including phenoxy) is 1. The fourth-order valence-corrected chi connectivity index (χ4v) is 2.24. The summed E-state index contributed by atoms with van der Waals surface area (Å²) in [6.07, 6.45) is 0. The Balaban J connectivity index is 2.27. The number of halogens is 2. The minimum absolute atomic E-state index is 0.0739. The first kappa shape index (κ1) is 14.6. The van der Waals surface area contributed by atoms with Crippen molar-refractivity contribution in [3.8, 4) is 5.75 Å². The number of rotatable bonds is 4. The number of carboxylic acids is 1. The summed E-state index contributed by atoms with van der Waals surface area (Å²) in [6, 6.07) is 8.24. The van der Waals surface area contributed by atoms with E-state index >= 15 is 0 Å². The number of pyridine rings is 1. The lowest BCUT2D eigenvalue weighted by Crippen LogP contribution is -2.05. The molecular formula is C14H11Cl2NO3. The van der Waals surface area contributed by atoms with Crippen LogP contribution in [0.4, 0.5) is 0 Å². The summed E-state index contributed by atoms with van der Waals surface area (Å²) in [5.41, 5.74) is 1.47. The molecule has 2 rings (SSSR count). The minimum atomic E-state index is -1.15. The van der Waals surface area contributed by atoms with Gasteiger partial charge in [0.05, 0.1) is 10.7 Å². The number of nitrogens with zero attached hydrogens (tertiary/aromatic N) is 1. The van der Waals surface area contributed by atoms with Crippen LogP contribution in [0.1, 0.15) is 21.7 Å². The lowest BCUT2D eigenvalue weighted by molar-refractivity contribution is 0.0691. The first-order valence-corrected chi connectivity index (χ1v) is 6.50. The lowest BCUT2D eigenvalue weighted by Gasteiger charge is -2.11. The van der Waals surface area contributed by atoms with E-state index in [1.165, 1.54) is 12.1 Å². The van der Waals surface area contributed by atoms with Crippen LogP contribution in [-0.4, -0.2) is 16.1 Å². The molecule has 0 radical (unpaired) electrons. The largest absolute Gasteiger partial charge is 0.485 e. The normalized spacial score (nSPS) is 10.3. The molecule has 1 heterocycles. The van der Waals surface area contributed by atoms with Crippen molar-refractivity contribution in [2.24, 2.45) is 0 Å². The van der Waals surface area contributed by atoms with Gasteiger partial charge in [0.1, 0.15) is 12.2 Å². The van der Waals surface area contributed by atoms with E-state index in [9.17, 15) is 4.79 Å². The van der Waals surface area contributed by atoms with Gasteiger partial charge < -0.3 is 9.84 Å². The monoisotopic (exact) mass is 311 g/mol. The molecule has 2 aromatic rings. The zero-order chi connectivity index (χ0) is 14.7. The molecule has 1 aromatic heterocycles. The van der Waals surface area contributed by atoms with Crippen molar-refractivity contribution in [1.82, 2.24) is 4.98 Å². The maximum atomic E-state index is 11.2. The highest BCUT2D eigenvalue weighted by atomic mass is 35.5. The molecule has 0 spiro atoms. The summed E-state index contributed by atoms with van der Waals surface area (Å²) in [6.45, 7) is 1.99. The third kappa shape index (κ3) is 3.40. The molecular weight excluding hydrogens is 301 g/mol. The standard InChI is InChI=1S/C14H11Cl2NO3/c1-8-3-2-4-10(17-8)7-20-13-11(14(18)19)5-9(15)6-12(13)16/h2-6H,7H2,1H3,(H,18,19). The number of carbonyl (C=O) groups is 1. The summed E-state index contributed by atoms with van der Waals surface area (Å²) < 4.78 is 5.49. The molecule has 0 aliphatic rings. The molecule has 20 heavy (non-hydrogen) atoms. The van der Waals surface area contributed by atoms with Crippen LogP contribution in [0.3, 0.4) is 0 Å². The molecule has 0 aliphatic heterocycles. The Hall–Kier alpha value is -1.78. The highest BCUT2D eigenvalue weighted by molar-refractivity contribution is 6.36. The topological polar surface area (TPSA) is 59.4 Å². The number of aryl methyl sites for hydroxylation is 1.